The van der Waals surface area contributed by atoms with Gasteiger partial charge >= 0.3 is 5.97 Å². The highest BCUT2D eigenvalue weighted by Crippen LogP contribution is 2.59. The molecule has 0 bridgehead atoms. The fraction of sp³-hybridized carbons (Fsp3) is 0.789. The van der Waals surface area contributed by atoms with E-state index in [-0.39, 0.29) is 35.1 Å². The number of esters is 1. The van der Waals surface area contributed by atoms with E-state index in [2.05, 4.69) is 6.92 Å². The molecule has 0 spiro atoms. The number of allylic oxidation sites excluding steroid dienone is 2. The van der Waals surface area contributed by atoms with Gasteiger partial charge in [0.2, 0.25) is 0 Å². The maximum absolute atomic E-state index is 12.3. The first-order valence-electron chi connectivity index (χ1n) is 8.88. The lowest BCUT2D eigenvalue weighted by atomic mass is 9.64. The lowest BCUT2D eigenvalue weighted by Gasteiger charge is -2.49. The molecule has 1 N–H and O–H groups in total. The summed E-state index contributed by atoms with van der Waals surface area (Å²) >= 11 is 0. The zero-order valence-electron chi connectivity index (χ0n) is 14.4. The van der Waals surface area contributed by atoms with Crippen molar-refractivity contribution in [2.45, 2.75) is 71.0 Å². The van der Waals surface area contributed by atoms with Gasteiger partial charge in [0.05, 0.1) is 11.5 Å². The van der Waals surface area contributed by atoms with Crippen molar-refractivity contribution in [1.29, 1.82) is 0 Å². The van der Waals surface area contributed by atoms with E-state index in [1.807, 2.05) is 13.0 Å². The summed E-state index contributed by atoms with van der Waals surface area (Å²) in [5.74, 6) is -0.509. The molecule has 4 nitrogen and oxygen atoms in total. The maximum Gasteiger partial charge on any atom is 0.311 e. The molecule has 0 aromatic carbocycles. The van der Waals surface area contributed by atoms with Crippen LogP contribution in [0.1, 0.15) is 59.3 Å². The van der Waals surface area contributed by atoms with Crippen molar-refractivity contribution >= 4 is 11.8 Å². The molecule has 0 amide bonds. The first-order valence-corrected chi connectivity index (χ1v) is 8.88. The van der Waals surface area contributed by atoms with Crippen LogP contribution in [0.15, 0.2) is 12.2 Å². The Labute approximate surface area is 138 Å². The Bertz CT molecular complexity index is 539. The number of rotatable bonds is 0. The van der Waals surface area contributed by atoms with Crippen LogP contribution in [0.3, 0.4) is 0 Å². The third-order valence-corrected chi connectivity index (χ3v) is 6.50. The fourth-order valence-electron chi connectivity index (χ4n) is 5.16. The zero-order chi connectivity index (χ0) is 16.8. The van der Waals surface area contributed by atoms with Crippen LogP contribution >= 0.6 is 0 Å². The van der Waals surface area contributed by atoms with E-state index in [1.165, 1.54) is 0 Å². The summed E-state index contributed by atoms with van der Waals surface area (Å²) in [6.07, 6.45) is 7.83. The summed E-state index contributed by atoms with van der Waals surface area (Å²) in [7, 11) is 0. The Morgan fingerprint density at radius 3 is 2.70 bits per heavy atom. The summed E-state index contributed by atoms with van der Waals surface area (Å²) in [5.41, 5.74) is -1.01. The van der Waals surface area contributed by atoms with Gasteiger partial charge in [0.1, 0.15) is 6.10 Å². The van der Waals surface area contributed by atoms with Crippen molar-refractivity contribution in [1.82, 2.24) is 0 Å². The van der Waals surface area contributed by atoms with Gasteiger partial charge in [0, 0.05) is 12.3 Å². The van der Waals surface area contributed by atoms with E-state index in [4.69, 9.17) is 4.74 Å². The molecule has 2 aliphatic carbocycles. The van der Waals surface area contributed by atoms with Gasteiger partial charge in [-0.2, -0.15) is 0 Å². The molecule has 2 fully saturated rings. The third kappa shape index (κ3) is 2.75. The molecule has 1 saturated carbocycles. The Balaban J connectivity index is 1.98. The molecule has 0 aromatic heterocycles. The van der Waals surface area contributed by atoms with Crippen molar-refractivity contribution in [2.75, 3.05) is 0 Å². The number of aliphatic hydroxyl groups is 1. The highest BCUT2D eigenvalue weighted by molar-refractivity contribution is 5.89. The van der Waals surface area contributed by atoms with Crippen LogP contribution in [-0.2, 0) is 14.3 Å². The Kier molecular flexibility index (Phi) is 4.16. The number of ketones is 1. The topological polar surface area (TPSA) is 63.6 Å². The lowest BCUT2D eigenvalue weighted by Crippen LogP contribution is -2.58. The summed E-state index contributed by atoms with van der Waals surface area (Å²) in [6, 6.07) is 0. The van der Waals surface area contributed by atoms with Gasteiger partial charge in [-0.1, -0.05) is 19.9 Å². The van der Waals surface area contributed by atoms with Gasteiger partial charge in [-0.25, -0.2) is 0 Å². The van der Waals surface area contributed by atoms with Crippen molar-refractivity contribution in [3.8, 4) is 0 Å². The predicted octanol–water partition coefficient (Wildman–Crippen LogP) is 3.03. The van der Waals surface area contributed by atoms with E-state index >= 15 is 0 Å². The van der Waals surface area contributed by atoms with Crippen LogP contribution in [0, 0.1) is 23.2 Å². The molecule has 23 heavy (non-hydrogen) atoms. The number of hydrogen-bond donors (Lipinski definition) is 1. The molecule has 1 saturated heterocycles. The summed E-state index contributed by atoms with van der Waals surface area (Å²) in [6.45, 7) is 6.04. The third-order valence-electron chi connectivity index (χ3n) is 6.50. The van der Waals surface area contributed by atoms with Gasteiger partial charge in [0.15, 0.2) is 5.78 Å². The molecule has 0 aromatic rings. The van der Waals surface area contributed by atoms with Gasteiger partial charge in [-0.3, -0.25) is 9.59 Å². The smallest absolute Gasteiger partial charge is 0.311 e. The highest BCUT2D eigenvalue weighted by Gasteiger charge is 2.63. The average molecular weight is 320 g/mol. The van der Waals surface area contributed by atoms with Crippen LogP contribution in [0.4, 0.5) is 0 Å². The SMILES string of the molecule is C[C@@H]1CC(=O)/C=C/CC[C@]2(C)CC[C@@]3(O)[C@@H](C)C(=O)O[C@H](C1)[C@@H]23. The second-order valence-corrected chi connectivity index (χ2v) is 8.27. The van der Waals surface area contributed by atoms with Crippen molar-refractivity contribution in [3.05, 3.63) is 12.2 Å². The lowest BCUT2D eigenvalue weighted by molar-refractivity contribution is -0.206. The summed E-state index contributed by atoms with van der Waals surface area (Å²) in [5, 5.41) is 11.3. The van der Waals surface area contributed by atoms with Gasteiger partial charge < -0.3 is 9.84 Å². The monoisotopic (exact) mass is 320 g/mol. The Hall–Kier alpha value is -1.16. The number of ether oxygens (including phenoxy) is 1. The quantitative estimate of drug-likeness (QED) is 0.697. The number of carbonyl (C=O) groups is 2. The minimum absolute atomic E-state index is 0.0354. The fourth-order valence-corrected chi connectivity index (χ4v) is 5.16. The predicted molar refractivity (Wildman–Crippen MR) is 86.6 cm³/mol. The molecule has 3 aliphatic rings. The molecule has 4 heteroatoms. The molecule has 1 heterocycles. The number of carbonyl (C=O) groups excluding carboxylic acids is 2. The molecular weight excluding hydrogens is 292 g/mol. The summed E-state index contributed by atoms with van der Waals surface area (Å²) in [4.78, 5) is 24.2. The highest BCUT2D eigenvalue weighted by atomic mass is 16.5. The second kappa shape index (κ2) is 5.73. The standard InChI is InChI=1S/C19H28O4/c1-12-10-14(20)6-4-5-7-18(3)8-9-19(22)13(2)17(21)23-15(11-12)16(18)19/h4,6,12-13,15-16,22H,5,7-11H2,1-3H3/b6-4+/t12-,13+,15-,16+,18-,19-/m1/s1. The van der Waals surface area contributed by atoms with E-state index in [0.29, 0.717) is 19.3 Å². The molecule has 0 unspecified atom stereocenters. The van der Waals surface area contributed by atoms with Crippen LogP contribution in [0.25, 0.3) is 0 Å². The van der Waals surface area contributed by atoms with Crippen LogP contribution in [0.2, 0.25) is 0 Å². The van der Waals surface area contributed by atoms with Crippen LogP contribution in [-0.4, -0.2) is 28.6 Å². The molecule has 1 aliphatic heterocycles. The largest absolute Gasteiger partial charge is 0.462 e. The number of hydrogen-bond acceptors (Lipinski definition) is 4. The van der Waals surface area contributed by atoms with Crippen LogP contribution < -0.4 is 0 Å². The first-order chi connectivity index (χ1) is 10.8. The van der Waals surface area contributed by atoms with Crippen molar-refractivity contribution in [2.24, 2.45) is 23.2 Å². The second-order valence-electron chi connectivity index (χ2n) is 8.27. The van der Waals surface area contributed by atoms with Crippen molar-refractivity contribution in [3.63, 3.8) is 0 Å². The normalized spacial score (nSPS) is 49.0. The van der Waals surface area contributed by atoms with Crippen LogP contribution in [0.5, 0.6) is 0 Å². The minimum Gasteiger partial charge on any atom is -0.462 e. The van der Waals surface area contributed by atoms with Crippen molar-refractivity contribution < 1.29 is 19.4 Å². The molecule has 0 radical (unpaired) electrons. The van der Waals surface area contributed by atoms with E-state index < -0.39 is 11.5 Å². The maximum atomic E-state index is 12.3. The summed E-state index contributed by atoms with van der Waals surface area (Å²) < 4.78 is 5.76. The zero-order valence-corrected chi connectivity index (χ0v) is 14.4. The van der Waals surface area contributed by atoms with Gasteiger partial charge in [-0.15, -0.1) is 0 Å². The molecule has 128 valence electrons. The van der Waals surface area contributed by atoms with Gasteiger partial charge in [-0.05, 0) is 56.4 Å². The van der Waals surface area contributed by atoms with E-state index in [9.17, 15) is 14.7 Å². The first kappa shape index (κ1) is 16.7. The Morgan fingerprint density at radius 1 is 1.22 bits per heavy atom. The molecular formula is C19H28O4. The minimum atomic E-state index is -0.962. The van der Waals surface area contributed by atoms with E-state index in [0.717, 1.165) is 19.3 Å². The van der Waals surface area contributed by atoms with E-state index in [1.54, 1.807) is 13.0 Å². The average Bonchev–Trinajstić information content (AvgIpc) is 2.73. The van der Waals surface area contributed by atoms with Gasteiger partial charge in [0.25, 0.3) is 0 Å². The molecule has 6 atom stereocenters. The molecule has 3 rings (SSSR count). The Morgan fingerprint density at radius 2 is 1.96 bits per heavy atom.